The Morgan fingerprint density at radius 1 is 0.972 bits per heavy atom. The summed E-state index contributed by atoms with van der Waals surface area (Å²) in [5.74, 6) is -1.02. The molecule has 2 amide bonds. The van der Waals surface area contributed by atoms with Crippen molar-refractivity contribution in [3.05, 3.63) is 58.1 Å². The number of halogens is 2. The number of carbonyl (C=O) groups is 3. The predicted octanol–water partition coefficient (Wildman–Crippen LogP) is 5.49. The van der Waals surface area contributed by atoms with Crippen LogP contribution in [0, 0.1) is 5.92 Å². The van der Waals surface area contributed by atoms with Gasteiger partial charge in [0.05, 0.1) is 28.7 Å². The quantitative estimate of drug-likeness (QED) is 0.273. The van der Waals surface area contributed by atoms with Gasteiger partial charge in [-0.2, -0.15) is 0 Å². The van der Waals surface area contributed by atoms with Gasteiger partial charge in [-0.1, -0.05) is 61.3 Å². The molecule has 8 nitrogen and oxygen atoms in total. The number of esters is 1. The summed E-state index contributed by atoms with van der Waals surface area (Å²) in [6.45, 7) is 8.92. The van der Waals surface area contributed by atoms with E-state index in [0.29, 0.717) is 27.0 Å². The minimum Gasteiger partial charge on any atom is -0.464 e. The maximum Gasteiger partial charge on any atom is 0.408 e. The minimum atomic E-state index is -0.787. The van der Waals surface area contributed by atoms with E-state index in [-0.39, 0.29) is 25.5 Å². The van der Waals surface area contributed by atoms with E-state index in [0.717, 1.165) is 0 Å². The molecular weight excluding hydrogens is 505 g/mol. The molecule has 0 aliphatic rings. The van der Waals surface area contributed by atoms with E-state index in [1.54, 1.807) is 45.0 Å². The molecule has 0 aliphatic carbocycles. The molecule has 0 unspecified atom stereocenters. The molecule has 2 aromatic rings. The van der Waals surface area contributed by atoms with Crippen LogP contribution in [0.15, 0.2) is 42.5 Å². The molecule has 0 heterocycles. The monoisotopic (exact) mass is 537 g/mol. The Labute approximate surface area is 222 Å². The number of alkyl carbamates (subject to hydrolysis) is 1. The van der Waals surface area contributed by atoms with Gasteiger partial charge in [0.2, 0.25) is 5.91 Å². The molecular formula is C26H33Cl2N3O5. The second kappa shape index (κ2) is 13.4. The molecule has 196 valence electrons. The van der Waals surface area contributed by atoms with Crippen molar-refractivity contribution in [2.24, 2.45) is 5.92 Å². The summed E-state index contributed by atoms with van der Waals surface area (Å²) >= 11 is 12.5. The van der Waals surface area contributed by atoms with Gasteiger partial charge in [0.1, 0.15) is 18.2 Å². The zero-order chi connectivity index (χ0) is 26.9. The first-order valence-corrected chi connectivity index (χ1v) is 12.3. The Bertz CT molecular complexity index is 1050. The standard InChI is InChI=1S/C26H33Cl2N3O5/c1-16(2)22(31-25(34)36-26(3,4)5)24(33)29-13-14-35-21(32)15-17-9-6-7-12-20(17)30-23-18(27)10-8-11-19(23)28/h6-12,16,22,30H,13-15H2,1-5H3,(H,29,33)(H,31,34)/t22-/m0/s1. The van der Waals surface area contributed by atoms with Crippen LogP contribution >= 0.6 is 23.2 Å². The summed E-state index contributed by atoms with van der Waals surface area (Å²) in [7, 11) is 0. The van der Waals surface area contributed by atoms with Crippen LogP contribution in [-0.2, 0) is 25.5 Å². The van der Waals surface area contributed by atoms with E-state index >= 15 is 0 Å². The number of benzene rings is 2. The van der Waals surface area contributed by atoms with Crippen molar-refractivity contribution in [3.63, 3.8) is 0 Å². The van der Waals surface area contributed by atoms with Crippen LogP contribution in [0.5, 0.6) is 0 Å². The van der Waals surface area contributed by atoms with Crippen molar-refractivity contribution in [1.29, 1.82) is 0 Å². The highest BCUT2D eigenvalue weighted by Crippen LogP contribution is 2.33. The Balaban J connectivity index is 1.87. The summed E-state index contributed by atoms with van der Waals surface area (Å²) < 4.78 is 10.5. The van der Waals surface area contributed by atoms with Gasteiger partial charge in [0.25, 0.3) is 0 Å². The SMILES string of the molecule is CC(C)[C@H](NC(=O)OC(C)(C)C)C(=O)NCCOC(=O)Cc1ccccc1Nc1c(Cl)cccc1Cl. The van der Waals surface area contributed by atoms with Crippen molar-refractivity contribution in [2.75, 3.05) is 18.5 Å². The van der Waals surface area contributed by atoms with Crippen LogP contribution in [0.2, 0.25) is 10.0 Å². The maximum atomic E-state index is 12.5. The minimum absolute atomic E-state index is 0.00795. The third-order valence-electron chi connectivity index (χ3n) is 4.86. The smallest absolute Gasteiger partial charge is 0.408 e. The van der Waals surface area contributed by atoms with Gasteiger partial charge in [0.15, 0.2) is 0 Å². The number of para-hydroxylation sites is 2. The number of amides is 2. The molecule has 0 fully saturated rings. The largest absolute Gasteiger partial charge is 0.464 e. The summed E-state index contributed by atoms with van der Waals surface area (Å²) in [5.41, 5.74) is 1.24. The fourth-order valence-electron chi connectivity index (χ4n) is 3.17. The molecule has 0 aliphatic heterocycles. The summed E-state index contributed by atoms with van der Waals surface area (Å²) in [4.78, 5) is 37.0. The fraction of sp³-hybridized carbons (Fsp3) is 0.423. The number of nitrogens with one attached hydrogen (secondary N) is 3. The number of hydrogen-bond donors (Lipinski definition) is 3. The highest BCUT2D eigenvalue weighted by molar-refractivity contribution is 6.39. The lowest BCUT2D eigenvalue weighted by molar-refractivity contribution is -0.143. The van der Waals surface area contributed by atoms with Crippen molar-refractivity contribution < 1.29 is 23.9 Å². The first kappa shape index (κ1) is 29.3. The number of ether oxygens (including phenoxy) is 2. The van der Waals surface area contributed by atoms with Crippen molar-refractivity contribution >= 4 is 52.5 Å². The second-order valence-corrected chi connectivity index (χ2v) is 10.2. The zero-order valence-corrected chi connectivity index (χ0v) is 22.6. The van der Waals surface area contributed by atoms with Crippen molar-refractivity contribution in [2.45, 2.75) is 52.7 Å². The number of anilines is 2. The van der Waals surface area contributed by atoms with Gasteiger partial charge in [-0.05, 0) is 50.5 Å². The first-order valence-electron chi connectivity index (χ1n) is 11.6. The van der Waals surface area contributed by atoms with Gasteiger partial charge >= 0.3 is 12.1 Å². The molecule has 0 saturated carbocycles. The highest BCUT2D eigenvalue weighted by Gasteiger charge is 2.26. The highest BCUT2D eigenvalue weighted by atomic mass is 35.5. The number of hydrogen-bond acceptors (Lipinski definition) is 6. The molecule has 2 aromatic carbocycles. The molecule has 0 spiro atoms. The average Bonchev–Trinajstić information content (AvgIpc) is 2.77. The maximum absolute atomic E-state index is 12.5. The molecule has 3 N–H and O–H groups in total. The summed E-state index contributed by atoms with van der Waals surface area (Å²) in [6, 6.07) is 11.6. The van der Waals surface area contributed by atoms with Crippen LogP contribution in [0.25, 0.3) is 0 Å². The normalized spacial score (nSPS) is 12.0. The average molecular weight is 538 g/mol. The number of carbonyl (C=O) groups excluding carboxylic acids is 3. The third kappa shape index (κ3) is 9.59. The van der Waals surface area contributed by atoms with Crippen molar-refractivity contribution in [3.8, 4) is 0 Å². The Morgan fingerprint density at radius 3 is 2.22 bits per heavy atom. The fourth-order valence-corrected chi connectivity index (χ4v) is 3.67. The van der Waals surface area contributed by atoms with Gasteiger partial charge < -0.3 is 25.4 Å². The molecule has 10 heteroatoms. The van der Waals surface area contributed by atoms with Crippen LogP contribution in [0.4, 0.5) is 16.2 Å². The Hall–Kier alpha value is -2.97. The lowest BCUT2D eigenvalue weighted by Gasteiger charge is -2.25. The Kier molecular flexibility index (Phi) is 10.9. The second-order valence-electron chi connectivity index (χ2n) is 9.43. The Morgan fingerprint density at radius 2 is 1.61 bits per heavy atom. The third-order valence-corrected chi connectivity index (χ3v) is 5.49. The van der Waals surface area contributed by atoms with Crippen LogP contribution in [-0.4, -0.2) is 42.8 Å². The molecule has 36 heavy (non-hydrogen) atoms. The van der Waals surface area contributed by atoms with Crippen LogP contribution in [0.1, 0.15) is 40.2 Å². The van der Waals surface area contributed by atoms with Gasteiger partial charge in [-0.25, -0.2) is 4.79 Å². The number of rotatable bonds is 10. The van der Waals surface area contributed by atoms with E-state index in [2.05, 4.69) is 16.0 Å². The molecule has 0 bridgehead atoms. The van der Waals surface area contributed by atoms with E-state index < -0.39 is 29.6 Å². The lowest BCUT2D eigenvalue weighted by atomic mass is 10.0. The van der Waals surface area contributed by atoms with E-state index in [1.165, 1.54) is 0 Å². The molecule has 2 rings (SSSR count). The van der Waals surface area contributed by atoms with Crippen molar-refractivity contribution in [1.82, 2.24) is 10.6 Å². The lowest BCUT2D eigenvalue weighted by Crippen LogP contribution is -2.51. The van der Waals surface area contributed by atoms with E-state index in [4.69, 9.17) is 32.7 Å². The molecule has 0 radical (unpaired) electrons. The van der Waals surface area contributed by atoms with E-state index in [1.807, 2.05) is 32.0 Å². The molecule has 1 atom stereocenters. The first-order chi connectivity index (χ1) is 16.9. The zero-order valence-electron chi connectivity index (χ0n) is 21.1. The predicted molar refractivity (Wildman–Crippen MR) is 142 cm³/mol. The van der Waals surface area contributed by atoms with Crippen LogP contribution in [0.3, 0.4) is 0 Å². The van der Waals surface area contributed by atoms with Crippen LogP contribution < -0.4 is 16.0 Å². The summed E-state index contributed by atoms with van der Waals surface area (Å²) in [6.07, 6.45) is -0.665. The van der Waals surface area contributed by atoms with Gasteiger partial charge in [-0.3, -0.25) is 9.59 Å². The summed E-state index contributed by atoms with van der Waals surface area (Å²) in [5, 5.41) is 9.35. The topological polar surface area (TPSA) is 106 Å². The van der Waals surface area contributed by atoms with E-state index in [9.17, 15) is 14.4 Å². The molecule has 0 aromatic heterocycles. The molecule has 0 saturated heterocycles. The van der Waals surface area contributed by atoms with Gasteiger partial charge in [0, 0.05) is 5.69 Å². The van der Waals surface area contributed by atoms with Gasteiger partial charge in [-0.15, -0.1) is 0 Å².